The Morgan fingerprint density at radius 3 is 2.81 bits per heavy atom. The van der Waals surface area contributed by atoms with Crippen LogP contribution in [0.3, 0.4) is 0 Å². The van der Waals surface area contributed by atoms with Crippen LogP contribution in [0.4, 0.5) is 5.69 Å². The predicted octanol–water partition coefficient (Wildman–Crippen LogP) is 3.90. The molecule has 0 unspecified atom stereocenters. The van der Waals surface area contributed by atoms with Crippen molar-refractivity contribution in [3.05, 3.63) is 50.8 Å². The van der Waals surface area contributed by atoms with Crippen LogP contribution >= 0.6 is 34.2 Å². The molecule has 0 radical (unpaired) electrons. The second kappa shape index (κ2) is 5.10. The van der Waals surface area contributed by atoms with E-state index in [9.17, 15) is 0 Å². The van der Waals surface area contributed by atoms with Gasteiger partial charge in [0.15, 0.2) is 0 Å². The van der Waals surface area contributed by atoms with E-state index in [1.807, 2.05) is 37.5 Å². The minimum absolute atomic E-state index is 0.765. The molecule has 0 aliphatic heterocycles. The summed E-state index contributed by atoms with van der Waals surface area (Å²) < 4.78 is 3.24. The second-order valence-corrected chi connectivity index (χ2v) is 5.24. The molecule has 1 heterocycles. The third kappa shape index (κ3) is 2.71. The molecule has 84 valence electrons. The maximum absolute atomic E-state index is 6.14. The van der Waals surface area contributed by atoms with E-state index in [1.54, 1.807) is 0 Å². The van der Waals surface area contributed by atoms with Gasteiger partial charge in [0, 0.05) is 22.5 Å². The van der Waals surface area contributed by atoms with Crippen molar-refractivity contribution in [3.63, 3.8) is 0 Å². The summed E-state index contributed by atoms with van der Waals surface area (Å²) in [4.78, 5) is 0. The Balaban J connectivity index is 2.08. The van der Waals surface area contributed by atoms with Crippen LogP contribution in [-0.4, -0.2) is 4.57 Å². The number of anilines is 1. The molecular weight excluding hydrogens is 335 g/mol. The molecule has 2 nitrogen and oxygen atoms in total. The van der Waals surface area contributed by atoms with Crippen LogP contribution in [0.25, 0.3) is 0 Å². The summed E-state index contributed by atoms with van der Waals surface area (Å²) in [6.07, 6.45) is 2.03. The lowest BCUT2D eigenvalue weighted by Gasteiger charge is -2.09. The quantitative estimate of drug-likeness (QED) is 0.834. The van der Waals surface area contributed by atoms with Crippen LogP contribution in [0, 0.1) is 3.57 Å². The molecule has 0 fully saturated rings. The highest BCUT2D eigenvalue weighted by Gasteiger charge is 2.01. The molecule has 0 atom stereocenters. The van der Waals surface area contributed by atoms with Gasteiger partial charge in [-0.25, -0.2) is 0 Å². The zero-order valence-corrected chi connectivity index (χ0v) is 11.8. The van der Waals surface area contributed by atoms with Gasteiger partial charge in [0.2, 0.25) is 0 Å². The highest BCUT2D eigenvalue weighted by Crippen LogP contribution is 2.24. The first-order valence-corrected chi connectivity index (χ1v) is 6.41. The van der Waals surface area contributed by atoms with Gasteiger partial charge in [-0.15, -0.1) is 0 Å². The normalized spacial score (nSPS) is 10.4. The van der Waals surface area contributed by atoms with E-state index < -0.39 is 0 Å². The molecule has 2 rings (SSSR count). The Bertz CT molecular complexity index is 494. The Kier molecular flexibility index (Phi) is 3.76. The number of hydrogen-bond acceptors (Lipinski definition) is 1. The third-order valence-corrected chi connectivity index (χ3v) is 3.43. The third-order valence-electron chi connectivity index (χ3n) is 2.44. The number of halogens is 2. The molecule has 0 saturated carbocycles. The van der Waals surface area contributed by atoms with Crippen molar-refractivity contribution in [2.24, 2.45) is 7.05 Å². The summed E-state index contributed by atoms with van der Waals surface area (Å²) in [7, 11) is 2.03. The SMILES string of the molecule is Cn1cccc1CNc1ccc(I)cc1Cl. The standard InChI is InChI=1S/C12H12ClIN2/c1-16-6-2-3-10(16)8-15-12-5-4-9(14)7-11(12)13/h2-7,15H,8H2,1H3. The minimum atomic E-state index is 0.765. The highest BCUT2D eigenvalue weighted by atomic mass is 127. The van der Waals surface area contributed by atoms with Gasteiger partial charge in [-0.1, -0.05) is 11.6 Å². The van der Waals surface area contributed by atoms with Gasteiger partial charge >= 0.3 is 0 Å². The fourth-order valence-electron chi connectivity index (χ4n) is 1.50. The average Bonchev–Trinajstić information content (AvgIpc) is 2.63. The Morgan fingerprint density at radius 1 is 1.38 bits per heavy atom. The van der Waals surface area contributed by atoms with Crippen LogP contribution in [0.2, 0.25) is 5.02 Å². The van der Waals surface area contributed by atoms with Crippen LogP contribution < -0.4 is 5.32 Å². The van der Waals surface area contributed by atoms with Crippen molar-refractivity contribution in [3.8, 4) is 0 Å². The van der Waals surface area contributed by atoms with E-state index >= 15 is 0 Å². The van der Waals surface area contributed by atoms with E-state index in [0.717, 1.165) is 20.8 Å². The molecule has 1 N–H and O–H groups in total. The lowest BCUT2D eigenvalue weighted by molar-refractivity contribution is 0.842. The lowest BCUT2D eigenvalue weighted by atomic mass is 10.3. The van der Waals surface area contributed by atoms with Gasteiger partial charge in [0.05, 0.1) is 17.3 Å². The van der Waals surface area contributed by atoms with E-state index in [2.05, 4.69) is 38.5 Å². The fraction of sp³-hybridized carbons (Fsp3) is 0.167. The molecule has 0 spiro atoms. The molecule has 0 saturated heterocycles. The fourth-order valence-corrected chi connectivity index (χ4v) is 2.42. The first-order chi connectivity index (χ1) is 7.66. The van der Waals surface area contributed by atoms with Gasteiger partial charge in [-0.05, 0) is 52.9 Å². The number of benzene rings is 1. The van der Waals surface area contributed by atoms with Gasteiger partial charge < -0.3 is 9.88 Å². The van der Waals surface area contributed by atoms with Crippen molar-refractivity contribution < 1.29 is 0 Å². The Hall–Kier alpha value is -0.680. The summed E-state index contributed by atoms with van der Waals surface area (Å²) in [6.45, 7) is 0.782. The molecule has 0 aliphatic carbocycles. The Morgan fingerprint density at radius 2 is 2.19 bits per heavy atom. The van der Waals surface area contributed by atoms with E-state index in [4.69, 9.17) is 11.6 Å². The molecule has 0 amide bonds. The van der Waals surface area contributed by atoms with Crippen molar-refractivity contribution >= 4 is 39.9 Å². The number of rotatable bonds is 3. The molecule has 1 aromatic carbocycles. The smallest absolute Gasteiger partial charge is 0.0648 e. The van der Waals surface area contributed by atoms with E-state index in [-0.39, 0.29) is 0 Å². The maximum atomic E-state index is 6.14. The minimum Gasteiger partial charge on any atom is -0.378 e. The monoisotopic (exact) mass is 346 g/mol. The van der Waals surface area contributed by atoms with Crippen molar-refractivity contribution in [2.75, 3.05) is 5.32 Å². The van der Waals surface area contributed by atoms with Gasteiger partial charge in [-0.2, -0.15) is 0 Å². The molecule has 4 heteroatoms. The lowest BCUT2D eigenvalue weighted by Crippen LogP contribution is -2.04. The molecule has 1 aromatic heterocycles. The number of hydrogen-bond donors (Lipinski definition) is 1. The molecule has 2 aromatic rings. The summed E-state index contributed by atoms with van der Waals surface area (Å²) in [6, 6.07) is 10.1. The van der Waals surface area contributed by atoms with E-state index in [1.165, 1.54) is 5.69 Å². The highest BCUT2D eigenvalue weighted by molar-refractivity contribution is 14.1. The number of nitrogens with one attached hydrogen (secondary N) is 1. The van der Waals surface area contributed by atoms with Crippen LogP contribution in [0.15, 0.2) is 36.5 Å². The number of nitrogens with zero attached hydrogens (tertiary/aromatic N) is 1. The summed E-state index contributed by atoms with van der Waals surface area (Å²) in [5.74, 6) is 0. The first-order valence-electron chi connectivity index (χ1n) is 4.96. The van der Waals surface area contributed by atoms with Gasteiger partial charge in [0.1, 0.15) is 0 Å². The molecule has 0 bridgehead atoms. The zero-order chi connectivity index (χ0) is 11.5. The summed E-state index contributed by atoms with van der Waals surface area (Å²) >= 11 is 8.39. The van der Waals surface area contributed by atoms with Crippen molar-refractivity contribution in [1.82, 2.24) is 4.57 Å². The molecule has 0 aliphatic rings. The van der Waals surface area contributed by atoms with Crippen molar-refractivity contribution in [1.29, 1.82) is 0 Å². The van der Waals surface area contributed by atoms with Crippen LogP contribution in [-0.2, 0) is 13.6 Å². The largest absolute Gasteiger partial charge is 0.378 e. The van der Waals surface area contributed by atoms with Gasteiger partial charge in [0.25, 0.3) is 0 Å². The summed E-state index contributed by atoms with van der Waals surface area (Å²) in [5, 5.41) is 4.09. The topological polar surface area (TPSA) is 17.0 Å². The first kappa shape index (κ1) is 11.8. The summed E-state index contributed by atoms with van der Waals surface area (Å²) in [5.41, 5.74) is 2.21. The number of aryl methyl sites for hydroxylation is 1. The average molecular weight is 347 g/mol. The van der Waals surface area contributed by atoms with Crippen LogP contribution in [0.1, 0.15) is 5.69 Å². The van der Waals surface area contributed by atoms with Gasteiger partial charge in [-0.3, -0.25) is 0 Å². The number of aromatic nitrogens is 1. The van der Waals surface area contributed by atoms with E-state index in [0.29, 0.717) is 0 Å². The Labute approximate surface area is 114 Å². The van der Waals surface area contributed by atoms with Crippen LogP contribution in [0.5, 0.6) is 0 Å². The maximum Gasteiger partial charge on any atom is 0.0648 e. The molecule has 16 heavy (non-hydrogen) atoms. The molecular formula is C12H12ClIN2. The predicted molar refractivity (Wildman–Crippen MR) is 76.9 cm³/mol. The second-order valence-electron chi connectivity index (χ2n) is 3.59. The zero-order valence-electron chi connectivity index (χ0n) is 8.87. The van der Waals surface area contributed by atoms with Crippen molar-refractivity contribution in [2.45, 2.75) is 6.54 Å².